The van der Waals surface area contributed by atoms with E-state index in [1.54, 1.807) is 12.1 Å². The number of nitro benzene ring substituents is 1. The fourth-order valence-electron chi connectivity index (χ4n) is 4.09. The number of carbonyl (C=O) groups is 1. The van der Waals surface area contributed by atoms with Crippen molar-refractivity contribution < 1.29 is 18.1 Å². The fraction of sp³-hybridized carbons (Fsp3) is 0.214. The number of piperidine rings is 1. The van der Waals surface area contributed by atoms with Crippen molar-refractivity contribution in [2.45, 2.75) is 40.9 Å². The van der Waals surface area contributed by atoms with Gasteiger partial charge in [0.2, 0.25) is 10.0 Å². The molecule has 1 N–H and O–H groups in total. The zero-order chi connectivity index (χ0) is 28.0. The zero-order valence-electron chi connectivity index (χ0n) is 21.2. The van der Waals surface area contributed by atoms with E-state index in [0.717, 1.165) is 29.7 Å². The molecule has 0 radical (unpaired) electrons. The van der Waals surface area contributed by atoms with Gasteiger partial charge in [-0.2, -0.15) is 9.57 Å². The molecule has 1 amide bonds. The number of hydrogen-bond acceptors (Lipinski definition) is 7. The summed E-state index contributed by atoms with van der Waals surface area (Å²) < 4.78 is 27.4. The molecule has 0 aliphatic carbocycles. The molecular formula is C28H26N4O5S2. The topological polar surface area (TPSA) is 133 Å². The monoisotopic (exact) mass is 562 g/mol. The van der Waals surface area contributed by atoms with E-state index in [4.69, 9.17) is 0 Å². The minimum Gasteiger partial charge on any atom is -0.321 e. The van der Waals surface area contributed by atoms with Crippen LogP contribution >= 0.6 is 11.8 Å². The number of sulfonamides is 1. The molecule has 39 heavy (non-hydrogen) atoms. The third kappa shape index (κ3) is 6.92. The van der Waals surface area contributed by atoms with E-state index in [2.05, 4.69) is 5.32 Å². The van der Waals surface area contributed by atoms with Gasteiger partial charge in [-0.1, -0.05) is 48.0 Å². The van der Waals surface area contributed by atoms with Gasteiger partial charge in [-0.05, 0) is 67.8 Å². The van der Waals surface area contributed by atoms with Gasteiger partial charge in [0, 0.05) is 29.7 Å². The maximum Gasteiger partial charge on any atom is 0.283 e. The lowest BCUT2D eigenvalue weighted by atomic mass is 10.1. The van der Waals surface area contributed by atoms with Gasteiger partial charge in [-0.3, -0.25) is 14.9 Å². The minimum absolute atomic E-state index is 0.0574. The van der Waals surface area contributed by atoms with Crippen molar-refractivity contribution >= 4 is 45.1 Å². The van der Waals surface area contributed by atoms with Crippen molar-refractivity contribution in [3.8, 4) is 6.07 Å². The molecule has 9 nitrogen and oxygen atoms in total. The van der Waals surface area contributed by atoms with E-state index in [-0.39, 0.29) is 21.8 Å². The van der Waals surface area contributed by atoms with E-state index in [1.165, 1.54) is 52.5 Å². The number of rotatable bonds is 8. The Morgan fingerprint density at radius 1 is 1.08 bits per heavy atom. The molecule has 0 bridgehead atoms. The van der Waals surface area contributed by atoms with Crippen LogP contribution in [0.2, 0.25) is 0 Å². The summed E-state index contributed by atoms with van der Waals surface area (Å²) in [5.74, 6) is -0.759. The number of amides is 1. The average Bonchev–Trinajstić information content (AvgIpc) is 2.94. The van der Waals surface area contributed by atoms with Crippen LogP contribution in [0.4, 0.5) is 11.4 Å². The minimum atomic E-state index is -3.70. The highest BCUT2D eigenvalue weighted by Gasteiger charge is 2.26. The number of nitrogens with zero attached hydrogens (tertiary/aromatic N) is 3. The summed E-state index contributed by atoms with van der Waals surface area (Å²) in [6, 6.07) is 19.8. The molecule has 3 aromatic carbocycles. The second-order valence-electron chi connectivity index (χ2n) is 9.02. The van der Waals surface area contributed by atoms with Crippen LogP contribution in [0.15, 0.2) is 87.0 Å². The number of hydrogen-bond donors (Lipinski definition) is 1. The first-order valence-electron chi connectivity index (χ1n) is 12.2. The standard InChI is InChI=1S/C28H26N4O5S2/c1-20-8-11-24(12-9-20)38-27-13-10-21(17-26(27)32(34)35)16-22(19-29)28(33)30-23-6-5-7-25(18-23)39(36,37)31-14-3-2-4-15-31/h5-13,16-18H,2-4,14-15H2,1H3,(H,30,33)/b22-16-. The highest BCUT2D eigenvalue weighted by Crippen LogP contribution is 2.36. The van der Waals surface area contributed by atoms with Gasteiger partial charge in [0.1, 0.15) is 11.6 Å². The molecular weight excluding hydrogens is 536 g/mol. The number of carbonyl (C=O) groups excluding carboxylic acids is 1. The maximum atomic E-state index is 13.0. The third-order valence-electron chi connectivity index (χ3n) is 6.15. The van der Waals surface area contributed by atoms with Gasteiger partial charge >= 0.3 is 0 Å². The van der Waals surface area contributed by atoms with Crippen LogP contribution in [-0.2, 0) is 14.8 Å². The van der Waals surface area contributed by atoms with Crippen molar-refractivity contribution in [3.63, 3.8) is 0 Å². The van der Waals surface area contributed by atoms with E-state index in [9.17, 15) is 28.6 Å². The van der Waals surface area contributed by atoms with Crippen LogP contribution in [0.25, 0.3) is 6.08 Å². The van der Waals surface area contributed by atoms with Crippen molar-refractivity contribution in [1.29, 1.82) is 5.26 Å². The Bertz CT molecular complexity index is 1570. The van der Waals surface area contributed by atoms with Crippen LogP contribution in [0.3, 0.4) is 0 Å². The quantitative estimate of drug-likeness (QED) is 0.159. The molecule has 1 saturated heterocycles. The Balaban J connectivity index is 1.54. The number of nitrogens with one attached hydrogen (secondary N) is 1. The van der Waals surface area contributed by atoms with Crippen LogP contribution < -0.4 is 5.32 Å². The number of benzene rings is 3. The SMILES string of the molecule is Cc1ccc(Sc2ccc(/C=C(/C#N)C(=O)Nc3cccc(S(=O)(=O)N4CCCCC4)c3)cc2[N+](=O)[O-])cc1. The second kappa shape index (κ2) is 12.3. The van der Waals surface area contributed by atoms with Crippen molar-refractivity contribution in [2.24, 2.45) is 0 Å². The summed E-state index contributed by atoms with van der Waals surface area (Å²) >= 11 is 1.25. The summed E-state index contributed by atoms with van der Waals surface area (Å²) in [6.45, 7) is 2.86. The molecule has 0 unspecified atom stereocenters. The molecule has 4 rings (SSSR count). The lowest BCUT2D eigenvalue weighted by Gasteiger charge is -2.26. The van der Waals surface area contributed by atoms with Crippen LogP contribution in [0, 0.1) is 28.4 Å². The van der Waals surface area contributed by atoms with Gasteiger partial charge < -0.3 is 5.32 Å². The van der Waals surface area contributed by atoms with Crippen molar-refractivity contribution in [3.05, 3.63) is 93.5 Å². The highest BCUT2D eigenvalue weighted by atomic mass is 32.2. The molecule has 0 atom stereocenters. The van der Waals surface area contributed by atoms with Crippen LogP contribution in [0.1, 0.15) is 30.4 Å². The average molecular weight is 563 g/mol. The summed E-state index contributed by atoms with van der Waals surface area (Å²) in [7, 11) is -3.70. The van der Waals surface area contributed by atoms with E-state index >= 15 is 0 Å². The second-order valence-corrected chi connectivity index (χ2v) is 12.1. The zero-order valence-corrected chi connectivity index (χ0v) is 22.8. The summed E-state index contributed by atoms with van der Waals surface area (Å²) in [6.07, 6.45) is 3.85. The first-order chi connectivity index (χ1) is 18.7. The van der Waals surface area contributed by atoms with Gasteiger partial charge in [0.15, 0.2) is 0 Å². The van der Waals surface area contributed by atoms with Crippen molar-refractivity contribution in [2.75, 3.05) is 18.4 Å². The molecule has 1 aliphatic rings. The lowest BCUT2D eigenvalue weighted by Crippen LogP contribution is -2.35. The largest absolute Gasteiger partial charge is 0.321 e. The van der Waals surface area contributed by atoms with Crippen LogP contribution in [-0.4, -0.2) is 36.6 Å². The normalized spacial score (nSPS) is 14.4. The van der Waals surface area contributed by atoms with Crippen molar-refractivity contribution in [1.82, 2.24) is 4.31 Å². The van der Waals surface area contributed by atoms with E-state index in [0.29, 0.717) is 23.5 Å². The maximum absolute atomic E-state index is 13.0. The Labute approximate surface area is 231 Å². The first kappa shape index (κ1) is 28.0. The number of nitriles is 1. The fourth-order valence-corrected chi connectivity index (χ4v) is 6.55. The predicted octanol–water partition coefficient (Wildman–Crippen LogP) is 5.77. The summed E-state index contributed by atoms with van der Waals surface area (Å²) in [5, 5.41) is 23.9. The first-order valence-corrected chi connectivity index (χ1v) is 14.5. The Hall–Kier alpha value is -3.98. The Morgan fingerprint density at radius 2 is 1.79 bits per heavy atom. The highest BCUT2D eigenvalue weighted by molar-refractivity contribution is 7.99. The summed E-state index contributed by atoms with van der Waals surface area (Å²) in [5.41, 5.74) is 1.17. The van der Waals surface area contributed by atoms with E-state index in [1.807, 2.05) is 37.3 Å². The van der Waals surface area contributed by atoms with Gasteiger partial charge in [0.05, 0.1) is 14.7 Å². The number of anilines is 1. The molecule has 1 heterocycles. The predicted molar refractivity (Wildman–Crippen MR) is 150 cm³/mol. The smallest absolute Gasteiger partial charge is 0.283 e. The molecule has 0 aromatic heterocycles. The lowest BCUT2D eigenvalue weighted by molar-refractivity contribution is -0.387. The molecule has 11 heteroatoms. The molecule has 3 aromatic rings. The summed E-state index contributed by atoms with van der Waals surface area (Å²) in [4.78, 5) is 25.4. The molecule has 0 saturated carbocycles. The van der Waals surface area contributed by atoms with E-state index < -0.39 is 20.9 Å². The van der Waals surface area contributed by atoms with Gasteiger partial charge in [-0.15, -0.1) is 0 Å². The Kier molecular flexibility index (Phi) is 8.81. The molecule has 1 aliphatic heterocycles. The number of nitro groups is 1. The Morgan fingerprint density at radius 3 is 2.46 bits per heavy atom. The number of aryl methyl sites for hydroxylation is 1. The molecule has 0 spiro atoms. The molecule has 200 valence electrons. The molecule has 1 fully saturated rings. The third-order valence-corrected chi connectivity index (χ3v) is 9.12. The van der Waals surface area contributed by atoms with Crippen LogP contribution in [0.5, 0.6) is 0 Å². The van der Waals surface area contributed by atoms with Gasteiger partial charge in [-0.25, -0.2) is 8.42 Å². The van der Waals surface area contributed by atoms with Gasteiger partial charge in [0.25, 0.3) is 11.6 Å².